The first kappa shape index (κ1) is 24.3. The summed E-state index contributed by atoms with van der Waals surface area (Å²) in [7, 11) is 0. The molecule has 2 aromatic carbocycles. The Morgan fingerprint density at radius 1 is 0.921 bits per heavy atom. The average Bonchev–Trinajstić information content (AvgIpc) is 2.90. The number of barbiturate groups is 1. The smallest absolute Gasteiger partial charge is 0.333 e. The number of likely N-dealkylation sites (tertiary alicyclic amines) is 1. The quantitative estimate of drug-likeness (QED) is 0.510. The van der Waals surface area contributed by atoms with Crippen LogP contribution in [0, 0.1) is 18.3 Å². The third kappa shape index (κ3) is 4.15. The predicted octanol–water partition coefficient (Wildman–Crippen LogP) is 1.67. The number of piperidine rings is 1. The van der Waals surface area contributed by atoms with Crippen LogP contribution in [0.25, 0.3) is 0 Å². The number of quaternary nitrogens is 1. The van der Waals surface area contributed by atoms with Crippen LogP contribution in [0.5, 0.6) is 0 Å². The highest BCUT2D eigenvalue weighted by molar-refractivity contribution is 6.30. The van der Waals surface area contributed by atoms with Gasteiger partial charge in [-0.3, -0.25) is 19.7 Å². The van der Waals surface area contributed by atoms with E-state index < -0.39 is 23.3 Å². The van der Waals surface area contributed by atoms with Crippen molar-refractivity contribution in [3.8, 4) is 0 Å². The van der Waals surface area contributed by atoms with Crippen LogP contribution in [0.2, 0.25) is 0 Å². The topological polar surface area (TPSA) is 92.9 Å². The van der Waals surface area contributed by atoms with Crippen molar-refractivity contribution in [3.63, 3.8) is 0 Å². The summed E-state index contributed by atoms with van der Waals surface area (Å²) in [5.74, 6) is -0.573. The lowest BCUT2D eigenvalue weighted by Crippen LogP contribution is -3.16. The minimum atomic E-state index is -1.45. The molecule has 3 aliphatic heterocycles. The standard InChI is InChI=1S/C30H30N4O4/c1-20-10-12-21(13-11-20)15-30(27(36)31-29(38)34(28(30)37)24-6-3-2-4-7-24)19-32-16-22-14-23(18-32)25-8-5-9-26(35)33(25)17-22/h2-13,22-23H,14-19H2,1H3,(H,31,36,38)/p+1/t22-,23+,30-/m0/s1. The first-order valence-corrected chi connectivity index (χ1v) is 13.2. The molecule has 0 saturated carbocycles. The highest BCUT2D eigenvalue weighted by atomic mass is 16.2. The van der Waals surface area contributed by atoms with Gasteiger partial charge in [-0.2, -0.15) is 0 Å². The number of nitrogens with one attached hydrogen (secondary N) is 2. The Bertz CT molecular complexity index is 1470. The van der Waals surface area contributed by atoms with Gasteiger partial charge in [0.05, 0.1) is 18.8 Å². The molecule has 2 saturated heterocycles. The third-order valence-corrected chi connectivity index (χ3v) is 8.34. The van der Waals surface area contributed by atoms with E-state index in [2.05, 4.69) is 5.32 Å². The number of para-hydroxylation sites is 1. The van der Waals surface area contributed by atoms with Crippen LogP contribution in [0.1, 0.15) is 29.2 Å². The normalized spacial score (nSPS) is 26.6. The number of nitrogens with zero attached hydrogens (tertiary/aromatic N) is 2. The van der Waals surface area contributed by atoms with E-state index in [0.717, 1.165) is 46.1 Å². The van der Waals surface area contributed by atoms with Crippen molar-refractivity contribution in [2.24, 2.45) is 11.3 Å². The molecule has 4 heterocycles. The van der Waals surface area contributed by atoms with Gasteiger partial charge in [-0.1, -0.05) is 54.1 Å². The average molecular weight is 512 g/mol. The highest BCUT2D eigenvalue weighted by Gasteiger charge is 2.57. The lowest BCUT2D eigenvalue weighted by molar-refractivity contribution is -0.915. The maximum absolute atomic E-state index is 14.3. The van der Waals surface area contributed by atoms with E-state index in [1.807, 2.05) is 54.0 Å². The largest absolute Gasteiger partial charge is 0.335 e. The molecule has 8 nitrogen and oxygen atoms in total. The second-order valence-electron chi connectivity index (χ2n) is 11.0. The molecule has 2 fully saturated rings. The van der Waals surface area contributed by atoms with Gasteiger partial charge in [0.1, 0.15) is 6.54 Å². The van der Waals surface area contributed by atoms with E-state index >= 15 is 0 Å². The number of benzene rings is 2. The van der Waals surface area contributed by atoms with Gasteiger partial charge in [0.2, 0.25) is 5.91 Å². The summed E-state index contributed by atoms with van der Waals surface area (Å²) in [6.45, 7) is 4.39. The van der Waals surface area contributed by atoms with E-state index in [-0.39, 0.29) is 30.4 Å². The van der Waals surface area contributed by atoms with Gasteiger partial charge in [0.25, 0.3) is 11.5 Å². The molecule has 3 aromatic rings. The first-order valence-electron chi connectivity index (χ1n) is 13.2. The number of aryl methyl sites for hydroxylation is 1. The zero-order chi connectivity index (χ0) is 26.4. The molecule has 6 rings (SSSR count). The van der Waals surface area contributed by atoms with E-state index in [1.54, 1.807) is 30.3 Å². The Kier molecular flexibility index (Phi) is 5.99. The Balaban J connectivity index is 1.38. The van der Waals surface area contributed by atoms with Crippen molar-refractivity contribution in [3.05, 3.63) is 100.0 Å². The highest BCUT2D eigenvalue weighted by Crippen LogP contribution is 2.34. The molecule has 194 valence electrons. The summed E-state index contributed by atoms with van der Waals surface area (Å²) in [6, 6.07) is 21.3. The molecular formula is C30H31N4O4+. The molecule has 4 atom stereocenters. The number of hydrogen-bond acceptors (Lipinski definition) is 4. The molecule has 0 aliphatic carbocycles. The molecule has 2 bridgehead atoms. The summed E-state index contributed by atoms with van der Waals surface area (Å²) >= 11 is 0. The van der Waals surface area contributed by atoms with Crippen LogP contribution >= 0.6 is 0 Å². The number of urea groups is 1. The number of carbonyl (C=O) groups excluding carboxylic acids is 3. The van der Waals surface area contributed by atoms with E-state index in [9.17, 15) is 19.2 Å². The maximum Gasteiger partial charge on any atom is 0.335 e. The zero-order valence-corrected chi connectivity index (χ0v) is 21.4. The Labute approximate surface area is 220 Å². The van der Waals surface area contributed by atoms with Gasteiger partial charge < -0.3 is 9.47 Å². The fourth-order valence-electron chi connectivity index (χ4n) is 6.61. The van der Waals surface area contributed by atoms with Gasteiger partial charge in [0, 0.05) is 36.6 Å². The van der Waals surface area contributed by atoms with Crippen molar-refractivity contribution in [2.45, 2.75) is 32.2 Å². The summed E-state index contributed by atoms with van der Waals surface area (Å²) in [4.78, 5) is 55.7. The van der Waals surface area contributed by atoms with Crippen molar-refractivity contribution < 1.29 is 19.3 Å². The first-order chi connectivity index (χ1) is 18.3. The van der Waals surface area contributed by atoms with Gasteiger partial charge in [-0.05, 0) is 37.1 Å². The Morgan fingerprint density at radius 2 is 1.68 bits per heavy atom. The van der Waals surface area contributed by atoms with E-state index in [4.69, 9.17) is 0 Å². The second-order valence-corrected chi connectivity index (χ2v) is 11.0. The molecule has 4 amide bonds. The second kappa shape index (κ2) is 9.36. The summed E-state index contributed by atoms with van der Waals surface area (Å²) in [6.07, 6.45) is 1.19. The van der Waals surface area contributed by atoms with Crippen molar-refractivity contribution in [1.29, 1.82) is 0 Å². The molecule has 1 aromatic heterocycles. The fourth-order valence-corrected chi connectivity index (χ4v) is 6.61. The lowest BCUT2D eigenvalue weighted by atomic mass is 9.75. The third-order valence-electron chi connectivity index (χ3n) is 8.34. The molecule has 3 aliphatic rings. The molecular weight excluding hydrogens is 480 g/mol. The van der Waals surface area contributed by atoms with Gasteiger partial charge in [-0.25, -0.2) is 9.69 Å². The zero-order valence-electron chi connectivity index (χ0n) is 21.4. The van der Waals surface area contributed by atoms with Gasteiger partial charge in [0.15, 0.2) is 5.41 Å². The monoisotopic (exact) mass is 511 g/mol. The molecule has 0 spiro atoms. The number of pyridine rings is 1. The SMILES string of the molecule is Cc1ccc(C[C@]2(C[NH+]3C[C@@H]4C[C@H](C3)c3cccc(=O)n3C4)C(=O)NC(=O)N(c3ccccc3)C2=O)cc1. The number of amides is 4. The van der Waals surface area contributed by atoms with E-state index in [0.29, 0.717) is 12.2 Å². The fraction of sp³-hybridized carbons (Fsp3) is 0.333. The minimum Gasteiger partial charge on any atom is -0.333 e. The molecule has 8 heteroatoms. The molecule has 2 N–H and O–H groups in total. The maximum atomic E-state index is 14.3. The van der Waals surface area contributed by atoms with Crippen molar-refractivity contribution >= 4 is 23.5 Å². The number of hydrogen-bond donors (Lipinski definition) is 2. The van der Waals surface area contributed by atoms with Crippen LogP contribution in [-0.2, 0) is 22.6 Å². The van der Waals surface area contributed by atoms with E-state index in [1.165, 1.54) is 0 Å². The van der Waals surface area contributed by atoms with Crippen LogP contribution in [-0.4, -0.2) is 42.0 Å². The molecule has 1 unspecified atom stereocenters. The number of imide groups is 2. The van der Waals surface area contributed by atoms with Crippen molar-refractivity contribution in [2.75, 3.05) is 24.5 Å². The number of fused-ring (bicyclic) bond motifs is 4. The number of aromatic nitrogens is 1. The lowest BCUT2D eigenvalue weighted by Gasteiger charge is -2.45. The number of carbonyl (C=O) groups is 3. The molecule has 38 heavy (non-hydrogen) atoms. The summed E-state index contributed by atoms with van der Waals surface area (Å²) < 4.78 is 1.88. The van der Waals surface area contributed by atoms with Gasteiger partial charge >= 0.3 is 6.03 Å². The van der Waals surface area contributed by atoms with Crippen LogP contribution < -0.4 is 20.7 Å². The van der Waals surface area contributed by atoms with Crippen LogP contribution in [0.3, 0.4) is 0 Å². The Morgan fingerprint density at radius 3 is 2.45 bits per heavy atom. The predicted molar refractivity (Wildman–Crippen MR) is 142 cm³/mol. The number of rotatable bonds is 5. The summed E-state index contributed by atoms with van der Waals surface area (Å²) in [5, 5.41) is 2.51. The van der Waals surface area contributed by atoms with Gasteiger partial charge in [-0.15, -0.1) is 0 Å². The number of anilines is 1. The molecule has 0 radical (unpaired) electrons. The Hall–Kier alpha value is -4.04. The van der Waals surface area contributed by atoms with Crippen molar-refractivity contribution in [1.82, 2.24) is 9.88 Å². The minimum absolute atomic E-state index is 0.0235. The van der Waals surface area contributed by atoms with Crippen LogP contribution in [0.15, 0.2) is 77.6 Å². The summed E-state index contributed by atoms with van der Waals surface area (Å²) in [5.41, 5.74) is 2.00. The van der Waals surface area contributed by atoms with Crippen LogP contribution in [0.4, 0.5) is 10.5 Å².